The topological polar surface area (TPSA) is 101 Å². The molecular weight excluding hydrogens is 256 g/mol. The summed E-state index contributed by atoms with van der Waals surface area (Å²) in [5, 5.41) is 2.88. The predicted molar refractivity (Wildman–Crippen MR) is 78.0 cm³/mol. The van der Waals surface area contributed by atoms with Gasteiger partial charge in [0.1, 0.15) is 0 Å². The lowest BCUT2D eigenvalue weighted by Gasteiger charge is -2.32. The number of hydrogen-bond donors (Lipinski definition) is 3. The molecule has 108 valence electrons. The fourth-order valence-corrected chi connectivity index (χ4v) is 2.46. The summed E-state index contributed by atoms with van der Waals surface area (Å²) in [6.45, 7) is 2.74. The van der Waals surface area contributed by atoms with E-state index in [0.717, 1.165) is 12.8 Å². The first kappa shape index (κ1) is 14.2. The first-order chi connectivity index (χ1) is 9.47. The number of nitrogens with zero attached hydrogens (tertiary/aromatic N) is 1. The van der Waals surface area contributed by atoms with Crippen molar-refractivity contribution in [3.63, 3.8) is 0 Å². The second-order valence-electron chi connectivity index (χ2n) is 5.11. The van der Waals surface area contributed by atoms with E-state index in [0.29, 0.717) is 30.0 Å². The van der Waals surface area contributed by atoms with Gasteiger partial charge in [-0.1, -0.05) is 0 Å². The molecule has 1 aromatic carbocycles. The Bertz CT molecular complexity index is 522. The van der Waals surface area contributed by atoms with E-state index in [2.05, 4.69) is 5.32 Å². The number of carbonyl (C=O) groups is 2. The Hall–Kier alpha value is -2.24. The molecule has 1 aromatic rings. The Balaban J connectivity index is 1.99. The summed E-state index contributed by atoms with van der Waals surface area (Å²) >= 11 is 0. The summed E-state index contributed by atoms with van der Waals surface area (Å²) in [4.78, 5) is 25.1. The van der Waals surface area contributed by atoms with Gasteiger partial charge in [0.25, 0.3) is 5.91 Å². The molecule has 0 saturated carbocycles. The van der Waals surface area contributed by atoms with Gasteiger partial charge in [0.2, 0.25) is 5.91 Å². The van der Waals surface area contributed by atoms with Gasteiger partial charge in [-0.15, -0.1) is 0 Å². The first-order valence-electron chi connectivity index (χ1n) is 6.68. The van der Waals surface area contributed by atoms with Gasteiger partial charge >= 0.3 is 0 Å². The number of rotatable bonds is 2. The summed E-state index contributed by atoms with van der Waals surface area (Å²) in [6, 6.07) is 5.08. The van der Waals surface area contributed by atoms with Crippen molar-refractivity contribution >= 4 is 23.2 Å². The van der Waals surface area contributed by atoms with Gasteiger partial charge in [0.15, 0.2) is 0 Å². The van der Waals surface area contributed by atoms with Crippen molar-refractivity contribution in [1.82, 2.24) is 10.2 Å². The molecular formula is C14H20N4O2. The predicted octanol–water partition coefficient (Wildman–Crippen LogP) is 0.592. The number of anilines is 2. The van der Waals surface area contributed by atoms with Crippen molar-refractivity contribution in [3.8, 4) is 0 Å². The van der Waals surface area contributed by atoms with Gasteiger partial charge in [0.05, 0.1) is 5.56 Å². The molecule has 5 N–H and O–H groups in total. The molecule has 1 fully saturated rings. The van der Waals surface area contributed by atoms with Crippen LogP contribution in [0.3, 0.4) is 0 Å². The van der Waals surface area contributed by atoms with E-state index >= 15 is 0 Å². The van der Waals surface area contributed by atoms with Crippen molar-refractivity contribution in [2.75, 3.05) is 24.6 Å². The average molecular weight is 276 g/mol. The zero-order chi connectivity index (χ0) is 14.7. The van der Waals surface area contributed by atoms with E-state index in [9.17, 15) is 9.59 Å². The van der Waals surface area contributed by atoms with Crippen molar-refractivity contribution < 1.29 is 9.59 Å². The molecule has 0 atom stereocenters. The molecule has 1 saturated heterocycles. The number of likely N-dealkylation sites (tertiary alicyclic amines) is 1. The van der Waals surface area contributed by atoms with Crippen LogP contribution >= 0.6 is 0 Å². The highest BCUT2D eigenvalue weighted by Gasteiger charge is 2.24. The molecule has 2 amide bonds. The maximum Gasteiger partial charge on any atom is 0.255 e. The second kappa shape index (κ2) is 5.81. The van der Waals surface area contributed by atoms with Crippen LogP contribution in [0.25, 0.3) is 0 Å². The van der Waals surface area contributed by atoms with E-state index in [1.165, 1.54) is 6.92 Å². The number of nitrogens with two attached hydrogens (primary N) is 2. The van der Waals surface area contributed by atoms with Gasteiger partial charge in [-0.25, -0.2) is 0 Å². The number of carbonyl (C=O) groups excluding carboxylic acids is 2. The fraction of sp³-hybridized carbons (Fsp3) is 0.429. The molecule has 6 nitrogen and oxygen atoms in total. The van der Waals surface area contributed by atoms with Crippen molar-refractivity contribution in [2.45, 2.75) is 25.8 Å². The van der Waals surface area contributed by atoms with Crippen LogP contribution in [0, 0.1) is 0 Å². The minimum absolute atomic E-state index is 0.0300. The lowest BCUT2D eigenvalue weighted by molar-refractivity contribution is -0.119. The normalized spacial score (nSPS) is 15.9. The zero-order valence-corrected chi connectivity index (χ0v) is 11.6. The minimum atomic E-state index is -0.0798. The number of hydrogen-bond acceptors (Lipinski definition) is 4. The molecule has 0 radical (unpaired) electrons. The first-order valence-corrected chi connectivity index (χ1v) is 6.68. The van der Waals surface area contributed by atoms with Crippen molar-refractivity contribution in [2.24, 2.45) is 0 Å². The Kier molecular flexibility index (Phi) is 4.12. The highest BCUT2D eigenvalue weighted by molar-refractivity contribution is 5.99. The Morgan fingerprint density at radius 1 is 1.25 bits per heavy atom. The number of nitrogens with one attached hydrogen (secondary N) is 1. The van der Waals surface area contributed by atoms with E-state index in [4.69, 9.17) is 11.5 Å². The smallest absolute Gasteiger partial charge is 0.255 e. The molecule has 1 aliphatic heterocycles. The van der Waals surface area contributed by atoms with Gasteiger partial charge in [-0.05, 0) is 31.0 Å². The highest BCUT2D eigenvalue weighted by Crippen LogP contribution is 2.20. The third-order valence-corrected chi connectivity index (χ3v) is 3.50. The molecule has 2 rings (SSSR count). The molecule has 1 heterocycles. The summed E-state index contributed by atoms with van der Waals surface area (Å²) < 4.78 is 0. The maximum absolute atomic E-state index is 12.4. The number of piperidine rings is 1. The van der Waals surface area contributed by atoms with E-state index in [1.54, 1.807) is 23.1 Å². The highest BCUT2D eigenvalue weighted by atomic mass is 16.2. The van der Waals surface area contributed by atoms with Crippen LogP contribution in [-0.2, 0) is 4.79 Å². The summed E-state index contributed by atoms with van der Waals surface area (Å²) in [5.74, 6) is -0.110. The SMILES string of the molecule is CC(=O)NC1CCN(C(=O)c2ccc(N)cc2N)CC1. The van der Waals surface area contributed by atoms with Crippen LogP contribution in [0.2, 0.25) is 0 Å². The quantitative estimate of drug-likeness (QED) is 0.688. The van der Waals surface area contributed by atoms with E-state index in [1.807, 2.05) is 0 Å². The van der Waals surface area contributed by atoms with E-state index < -0.39 is 0 Å². The van der Waals surface area contributed by atoms with E-state index in [-0.39, 0.29) is 17.9 Å². The van der Waals surface area contributed by atoms with Crippen molar-refractivity contribution in [3.05, 3.63) is 23.8 Å². The van der Waals surface area contributed by atoms with Gasteiger partial charge in [0, 0.05) is 37.4 Å². The number of amides is 2. The lowest BCUT2D eigenvalue weighted by atomic mass is 10.0. The van der Waals surface area contributed by atoms with Gasteiger partial charge in [-0.2, -0.15) is 0 Å². The number of benzene rings is 1. The second-order valence-corrected chi connectivity index (χ2v) is 5.11. The van der Waals surface area contributed by atoms with Gasteiger partial charge in [-0.3, -0.25) is 9.59 Å². The average Bonchev–Trinajstić information content (AvgIpc) is 2.38. The summed E-state index contributed by atoms with van der Waals surface area (Å²) in [6.07, 6.45) is 1.53. The molecule has 1 aliphatic rings. The fourth-order valence-electron chi connectivity index (χ4n) is 2.46. The third kappa shape index (κ3) is 3.20. The Labute approximate surface area is 118 Å². The maximum atomic E-state index is 12.4. The molecule has 20 heavy (non-hydrogen) atoms. The number of nitrogen functional groups attached to an aromatic ring is 2. The Morgan fingerprint density at radius 2 is 1.90 bits per heavy atom. The Morgan fingerprint density at radius 3 is 2.45 bits per heavy atom. The van der Waals surface area contributed by atoms with Crippen LogP contribution in [-0.4, -0.2) is 35.8 Å². The molecule has 0 aliphatic carbocycles. The molecule has 0 unspecified atom stereocenters. The summed E-state index contributed by atoms with van der Waals surface area (Å²) in [7, 11) is 0. The van der Waals surface area contributed by atoms with Crippen LogP contribution in [0.4, 0.5) is 11.4 Å². The monoisotopic (exact) mass is 276 g/mol. The molecule has 0 spiro atoms. The van der Waals surface area contributed by atoms with Crippen LogP contribution in [0.1, 0.15) is 30.1 Å². The van der Waals surface area contributed by atoms with Crippen molar-refractivity contribution in [1.29, 1.82) is 0 Å². The standard InChI is InChI=1S/C14H20N4O2/c1-9(19)17-11-4-6-18(7-5-11)14(20)12-3-2-10(15)8-13(12)16/h2-3,8,11H,4-7,15-16H2,1H3,(H,17,19). The molecule has 0 bridgehead atoms. The largest absolute Gasteiger partial charge is 0.399 e. The van der Waals surface area contributed by atoms with Crippen LogP contribution in [0.5, 0.6) is 0 Å². The minimum Gasteiger partial charge on any atom is -0.399 e. The van der Waals surface area contributed by atoms with Crippen LogP contribution in [0.15, 0.2) is 18.2 Å². The lowest BCUT2D eigenvalue weighted by Crippen LogP contribution is -2.46. The summed E-state index contributed by atoms with van der Waals surface area (Å²) in [5.41, 5.74) is 12.9. The zero-order valence-electron chi connectivity index (χ0n) is 11.6. The molecule has 6 heteroatoms. The molecule has 0 aromatic heterocycles. The third-order valence-electron chi connectivity index (χ3n) is 3.50. The van der Waals surface area contributed by atoms with Gasteiger partial charge < -0.3 is 21.7 Å². The van der Waals surface area contributed by atoms with Crippen LogP contribution < -0.4 is 16.8 Å².